The average molecular weight is 425 g/mol. The van der Waals surface area contributed by atoms with Crippen LogP contribution in [0.2, 0.25) is 0 Å². The fourth-order valence-electron chi connectivity index (χ4n) is 4.24. The van der Waals surface area contributed by atoms with Gasteiger partial charge in [-0.2, -0.15) is 0 Å². The molecule has 0 saturated carbocycles. The van der Waals surface area contributed by atoms with E-state index in [9.17, 15) is 9.90 Å². The molecule has 0 aromatic heterocycles. The maximum Gasteiger partial charge on any atom is 0.258 e. The second kappa shape index (κ2) is 10.6. The third-order valence-corrected chi connectivity index (χ3v) is 5.90. The lowest BCUT2D eigenvalue weighted by atomic mass is 10.00. The molecule has 3 N–H and O–H groups in total. The molecule has 166 valence electrons. The first-order chi connectivity index (χ1) is 15.2. The molecule has 2 aromatic rings. The van der Waals surface area contributed by atoms with Crippen LogP contribution in [0.15, 0.2) is 48.5 Å². The number of anilines is 1. The molecule has 31 heavy (non-hydrogen) atoms. The summed E-state index contributed by atoms with van der Waals surface area (Å²) in [5.74, 6) is 0.491. The normalized spacial score (nSPS) is 17.6. The van der Waals surface area contributed by atoms with Crippen LogP contribution in [0.1, 0.15) is 11.1 Å². The van der Waals surface area contributed by atoms with Crippen LogP contribution < -0.4 is 20.3 Å². The van der Waals surface area contributed by atoms with E-state index in [1.807, 2.05) is 24.3 Å². The lowest BCUT2D eigenvalue weighted by Gasteiger charge is -2.31. The predicted molar refractivity (Wildman–Crippen MR) is 121 cm³/mol. The topological polar surface area (TPSA) is 77.1 Å². The van der Waals surface area contributed by atoms with E-state index < -0.39 is 6.10 Å². The Bertz CT molecular complexity index is 869. The molecule has 2 aromatic carbocycles. The van der Waals surface area contributed by atoms with E-state index >= 15 is 0 Å². The zero-order chi connectivity index (χ0) is 21.5. The van der Waals surface area contributed by atoms with Crippen LogP contribution in [0, 0.1) is 0 Å². The van der Waals surface area contributed by atoms with Crippen molar-refractivity contribution in [1.82, 2.24) is 15.5 Å². The minimum Gasteiger partial charge on any atom is -0.482 e. The van der Waals surface area contributed by atoms with Gasteiger partial charge in [0.1, 0.15) is 5.75 Å². The molecule has 2 aliphatic heterocycles. The van der Waals surface area contributed by atoms with Gasteiger partial charge in [0.05, 0.1) is 11.8 Å². The minimum atomic E-state index is -0.609. The Morgan fingerprint density at radius 3 is 2.65 bits per heavy atom. The molecule has 1 amide bonds. The summed E-state index contributed by atoms with van der Waals surface area (Å²) in [6.45, 7) is 6.18. The van der Waals surface area contributed by atoms with Crippen molar-refractivity contribution in [3.63, 3.8) is 0 Å². The number of nitrogens with one attached hydrogen (secondary N) is 2. The standard InChI is InChI=1S/C24H32N4O3/c29-21(17-27-12-9-19-5-1-2-6-20(19)16-27)15-26-24(30)18-31-23-8-4-3-7-22(23)28-13-10-25-11-14-28/h1-8,21,25,29H,9-18H2,(H,26,30). The molecule has 1 fully saturated rings. The molecule has 2 heterocycles. The highest BCUT2D eigenvalue weighted by Gasteiger charge is 2.19. The van der Waals surface area contributed by atoms with E-state index in [4.69, 9.17) is 4.74 Å². The number of benzene rings is 2. The number of aliphatic hydroxyl groups is 1. The number of hydrogen-bond acceptors (Lipinski definition) is 6. The van der Waals surface area contributed by atoms with Crippen molar-refractivity contribution < 1.29 is 14.6 Å². The van der Waals surface area contributed by atoms with Gasteiger partial charge in [-0.25, -0.2) is 0 Å². The Morgan fingerprint density at radius 2 is 1.81 bits per heavy atom. The van der Waals surface area contributed by atoms with E-state index in [0.29, 0.717) is 12.3 Å². The molecule has 0 spiro atoms. The van der Waals surface area contributed by atoms with Gasteiger partial charge in [0.25, 0.3) is 5.91 Å². The maximum atomic E-state index is 12.3. The quantitative estimate of drug-likeness (QED) is 0.587. The number of ether oxygens (including phenoxy) is 1. The first-order valence-corrected chi connectivity index (χ1v) is 11.1. The smallest absolute Gasteiger partial charge is 0.258 e. The summed E-state index contributed by atoms with van der Waals surface area (Å²) in [5, 5.41) is 16.5. The first-order valence-electron chi connectivity index (χ1n) is 11.1. The van der Waals surface area contributed by atoms with Crippen molar-refractivity contribution in [1.29, 1.82) is 0 Å². The number of aliphatic hydroxyl groups excluding tert-OH is 1. The van der Waals surface area contributed by atoms with Crippen molar-refractivity contribution in [3.8, 4) is 5.75 Å². The lowest BCUT2D eigenvalue weighted by molar-refractivity contribution is -0.123. The van der Waals surface area contributed by atoms with Gasteiger partial charge in [-0.05, 0) is 29.7 Å². The van der Waals surface area contributed by atoms with Crippen LogP contribution in [0.5, 0.6) is 5.75 Å². The number of carbonyl (C=O) groups is 1. The maximum absolute atomic E-state index is 12.3. The summed E-state index contributed by atoms with van der Waals surface area (Å²) in [5.41, 5.74) is 3.73. The number of β-amino-alcohol motifs (C(OH)–C–C–N with tert-alkyl or cyclic N) is 1. The third kappa shape index (κ3) is 5.97. The van der Waals surface area contributed by atoms with E-state index in [1.54, 1.807) is 0 Å². The lowest BCUT2D eigenvalue weighted by Crippen LogP contribution is -2.44. The van der Waals surface area contributed by atoms with E-state index in [0.717, 1.165) is 51.4 Å². The molecule has 0 aliphatic carbocycles. The number of nitrogens with zero attached hydrogens (tertiary/aromatic N) is 2. The number of rotatable bonds is 8. The average Bonchev–Trinajstić information content (AvgIpc) is 2.82. The highest BCUT2D eigenvalue weighted by atomic mass is 16.5. The van der Waals surface area contributed by atoms with Crippen LogP contribution in [0.25, 0.3) is 0 Å². The van der Waals surface area contributed by atoms with Crippen molar-refractivity contribution in [2.45, 2.75) is 19.1 Å². The van der Waals surface area contributed by atoms with Crippen LogP contribution in [-0.2, 0) is 17.8 Å². The summed E-state index contributed by atoms with van der Waals surface area (Å²) < 4.78 is 5.81. The molecule has 4 rings (SSSR count). The molecule has 1 unspecified atom stereocenters. The zero-order valence-electron chi connectivity index (χ0n) is 17.9. The number of amides is 1. The Labute approximate surface area is 184 Å². The molecule has 0 bridgehead atoms. The SMILES string of the molecule is O=C(COc1ccccc1N1CCNCC1)NCC(O)CN1CCc2ccccc2C1. The van der Waals surface area contributed by atoms with Gasteiger partial charge in [0.2, 0.25) is 0 Å². The summed E-state index contributed by atoms with van der Waals surface area (Å²) >= 11 is 0. The van der Waals surface area contributed by atoms with Crippen molar-refractivity contribution >= 4 is 11.6 Å². The summed E-state index contributed by atoms with van der Waals surface area (Å²) in [6.07, 6.45) is 0.387. The van der Waals surface area contributed by atoms with Gasteiger partial charge in [-0.15, -0.1) is 0 Å². The first kappa shape index (κ1) is 21.6. The number of carbonyl (C=O) groups excluding carboxylic acids is 1. The minimum absolute atomic E-state index is 0.0626. The predicted octanol–water partition coefficient (Wildman–Crippen LogP) is 1.01. The van der Waals surface area contributed by atoms with Crippen LogP contribution in [-0.4, -0.2) is 74.4 Å². The summed E-state index contributed by atoms with van der Waals surface area (Å²) in [6, 6.07) is 16.3. The Morgan fingerprint density at radius 1 is 1.06 bits per heavy atom. The van der Waals surface area contributed by atoms with Crippen molar-refractivity contribution in [3.05, 3.63) is 59.7 Å². The molecule has 2 aliphatic rings. The van der Waals surface area contributed by atoms with Crippen LogP contribution in [0.4, 0.5) is 5.69 Å². The van der Waals surface area contributed by atoms with Gasteiger partial charge >= 0.3 is 0 Å². The van der Waals surface area contributed by atoms with Gasteiger partial charge in [-0.3, -0.25) is 9.69 Å². The Balaban J connectivity index is 1.20. The molecule has 7 nitrogen and oxygen atoms in total. The van der Waals surface area contributed by atoms with Crippen LogP contribution in [0.3, 0.4) is 0 Å². The van der Waals surface area contributed by atoms with Gasteiger partial charge in [-0.1, -0.05) is 36.4 Å². The fourth-order valence-corrected chi connectivity index (χ4v) is 4.24. The molecular formula is C24H32N4O3. The highest BCUT2D eigenvalue weighted by Crippen LogP contribution is 2.28. The monoisotopic (exact) mass is 424 g/mol. The molecule has 7 heteroatoms. The molecule has 0 radical (unpaired) electrons. The fraction of sp³-hybridized carbons (Fsp3) is 0.458. The second-order valence-electron chi connectivity index (χ2n) is 8.21. The second-order valence-corrected chi connectivity index (χ2v) is 8.21. The summed E-state index contributed by atoms with van der Waals surface area (Å²) in [4.78, 5) is 16.8. The molecule has 1 saturated heterocycles. The largest absolute Gasteiger partial charge is 0.482 e. The number of fused-ring (bicyclic) bond motifs is 1. The Hall–Kier alpha value is -2.61. The highest BCUT2D eigenvalue weighted by molar-refractivity contribution is 5.77. The van der Waals surface area contributed by atoms with Gasteiger partial charge in [0.15, 0.2) is 6.61 Å². The molecule has 1 atom stereocenters. The van der Waals surface area contributed by atoms with Gasteiger partial charge in [0, 0.05) is 52.4 Å². The zero-order valence-corrected chi connectivity index (χ0v) is 17.9. The Kier molecular flexibility index (Phi) is 7.40. The van der Waals surface area contributed by atoms with E-state index in [1.165, 1.54) is 11.1 Å². The van der Waals surface area contributed by atoms with Crippen LogP contribution >= 0.6 is 0 Å². The third-order valence-electron chi connectivity index (χ3n) is 5.90. The van der Waals surface area contributed by atoms with Gasteiger partial charge < -0.3 is 25.4 Å². The summed E-state index contributed by atoms with van der Waals surface area (Å²) in [7, 11) is 0. The van der Waals surface area contributed by atoms with E-state index in [-0.39, 0.29) is 19.1 Å². The van der Waals surface area contributed by atoms with Crippen molar-refractivity contribution in [2.75, 3.05) is 57.3 Å². The number of hydrogen-bond donors (Lipinski definition) is 3. The number of piperazine rings is 1. The van der Waals surface area contributed by atoms with E-state index in [2.05, 4.69) is 44.7 Å². The molecular weight excluding hydrogens is 392 g/mol. The van der Waals surface area contributed by atoms with Crippen molar-refractivity contribution in [2.24, 2.45) is 0 Å². The number of para-hydroxylation sites is 2.